The molecule has 0 spiro atoms. The second kappa shape index (κ2) is 2.91. The summed E-state index contributed by atoms with van der Waals surface area (Å²) in [5, 5.41) is 0. The van der Waals surface area contributed by atoms with Crippen LogP contribution in [0.3, 0.4) is 0 Å². The number of aryl methyl sites for hydroxylation is 1. The van der Waals surface area contributed by atoms with Crippen molar-refractivity contribution in [2.24, 2.45) is 0 Å². The van der Waals surface area contributed by atoms with Gasteiger partial charge in [-0.15, -0.1) is 0 Å². The molecule has 0 saturated carbocycles. The van der Waals surface area contributed by atoms with Crippen LogP contribution >= 0.6 is 0 Å². The predicted molar refractivity (Wildman–Crippen MR) is 47.2 cm³/mol. The number of nitrogens with two attached hydrogens (primary N) is 1. The van der Waals surface area contributed by atoms with E-state index < -0.39 is 0 Å². The first-order valence-electron chi connectivity index (χ1n) is 3.66. The van der Waals surface area contributed by atoms with E-state index in [4.69, 9.17) is 5.73 Å². The number of anilines is 1. The summed E-state index contributed by atoms with van der Waals surface area (Å²) in [4.78, 5) is 4.21. The Labute approximate surface area is 67.5 Å². The zero-order valence-electron chi connectivity index (χ0n) is 7.02. The molecule has 0 amide bonds. The van der Waals surface area contributed by atoms with Crippen LogP contribution in [-0.4, -0.2) is 4.98 Å². The van der Waals surface area contributed by atoms with E-state index in [0.29, 0.717) is 6.42 Å². The molecule has 2 heteroatoms. The number of aromatic nitrogens is 1. The minimum atomic E-state index is 0.705. The molecule has 0 atom stereocenters. The fourth-order valence-electron chi connectivity index (χ4n) is 1.04. The van der Waals surface area contributed by atoms with Crippen molar-refractivity contribution in [3.63, 3.8) is 0 Å². The van der Waals surface area contributed by atoms with Crippen LogP contribution in [-0.2, 0) is 6.42 Å². The molecule has 59 valence electrons. The third-order valence-corrected chi connectivity index (χ3v) is 1.91. The zero-order valence-corrected chi connectivity index (χ0v) is 7.02. The first-order valence-corrected chi connectivity index (χ1v) is 3.66. The highest BCUT2D eigenvalue weighted by Gasteiger charge is 2.02. The maximum Gasteiger partial charge on any atom is 0.0453 e. The van der Waals surface area contributed by atoms with Gasteiger partial charge >= 0.3 is 0 Å². The van der Waals surface area contributed by atoms with Crippen LogP contribution in [0.1, 0.15) is 16.8 Å². The summed E-state index contributed by atoms with van der Waals surface area (Å²) in [6.45, 7) is 7.71. The van der Waals surface area contributed by atoms with Crippen LogP contribution in [0.25, 0.3) is 0 Å². The fraction of sp³-hybridized carbons (Fsp3) is 0.333. The van der Waals surface area contributed by atoms with Crippen LogP contribution in [0.4, 0.5) is 5.69 Å². The van der Waals surface area contributed by atoms with Crippen LogP contribution in [0.2, 0.25) is 0 Å². The lowest BCUT2D eigenvalue weighted by molar-refractivity contribution is 1.06. The standard InChI is InChI=1S/C9H13N2/c1-4-8-7(3)9(10)6(2)5-11-8/h5H,1,4H2,2-3H3,(H2,10,11). The first-order chi connectivity index (χ1) is 5.16. The number of nitrogens with zero attached hydrogens (tertiary/aromatic N) is 1. The molecule has 1 rings (SSSR count). The van der Waals surface area contributed by atoms with Crippen molar-refractivity contribution in [2.75, 3.05) is 5.73 Å². The van der Waals surface area contributed by atoms with Gasteiger partial charge in [-0.1, -0.05) is 0 Å². The molecule has 11 heavy (non-hydrogen) atoms. The highest BCUT2D eigenvalue weighted by atomic mass is 14.7. The van der Waals surface area contributed by atoms with Gasteiger partial charge in [0.1, 0.15) is 0 Å². The van der Waals surface area contributed by atoms with Gasteiger partial charge in [0.2, 0.25) is 0 Å². The molecule has 0 aliphatic rings. The van der Waals surface area contributed by atoms with Gasteiger partial charge in [0.05, 0.1) is 0 Å². The Bertz CT molecular complexity index is 267. The average molecular weight is 149 g/mol. The van der Waals surface area contributed by atoms with Gasteiger partial charge in [0.25, 0.3) is 0 Å². The lowest BCUT2D eigenvalue weighted by Gasteiger charge is -2.07. The monoisotopic (exact) mass is 149 g/mol. The molecule has 0 saturated heterocycles. The van der Waals surface area contributed by atoms with Crippen molar-refractivity contribution < 1.29 is 0 Å². The molecule has 0 fully saturated rings. The molecule has 0 unspecified atom stereocenters. The Morgan fingerprint density at radius 1 is 1.55 bits per heavy atom. The quantitative estimate of drug-likeness (QED) is 0.659. The molecule has 0 aromatic carbocycles. The van der Waals surface area contributed by atoms with Crippen molar-refractivity contribution in [1.29, 1.82) is 0 Å². The summed E-state index contributed by atoms with van der Waals surface area (Å²) in [6, 6.07) is 0. The van der Waals surface area contributed by atoms with Crippen LogP contribution in [0, 0.1) is 20.8 Å². The molecule has 1 radical (unpaired) electrons. The van der Waals surface area contributed by atoms with Gasteiger partial charge < -0.3 is 5.73 Å². The second-order valence-electron chi connectivity index (χ2n) is 2.68. The minimum Gasteiger partial charge on any atom is -0.398 e. The first kappa shape index (κ1) is 8.05. The maximum atomic E-state index is 5.79. The van der Waals surface area contributed by atoms with Gasteiger partial charge in [-0.2, -0.15) is 0 Å². The zero-order chi connectivity index (χ0) is 8.43. The minimum absolute atomic E-state index is 0.705. The highest BCUT2D eigenvalue weighted by Crippen LogP contribution is 2.17. The summed E-state index contributed by atoms with van der Waals surface area (Å²) in [6.07, 6.45) is 2.50. The van der Waals surface area contributed by atoms with Crippen LogP contribution in [0.5, 0.6) is 0 Å². The molecule has 1 aromatic heterocycles. The Morgan fingerprint density at radius 3 is 2.73 bits per heavy atom. The fourth-order valence-corrected chi connectivity index (χ4v) is 1.04. The smallest absolute Gasteiger partial charge is 0.0453 e. The Morgan fingerprint density at radius 2 is 2.18 bits per heavy atom. The van der Waals surface area contributed by atoms with Crippen molar-refractivity contribution in [3.05, 3.63) is 29.9 Å². The van der Waals surface area contributed by atoms with E-state index in [9.17, 15) is 0 Å². The van der Waals surface area contributed by atoms with E-state index in [1.54, 1.807) is 6.20 Å². The Kier molecular flexibility index (Phi) is 2.13. The Hall–Kier alpha value is -1.05. The van der Waals surface area contributed by atoms with E-state index in [1.807, 2.05) is 13.8 Å². The molecule has 1 aromatic rings. The summed E-state index contributed by atoms with van der Waals surface area (Å²) >= 11 is 0. The van der Waals surface area contributed by atoms with Crippen molar-refractivity contribution >= 4 is 5.69 Å². The average Bonchev–Trinajstić information content (AvgIpc) is 2.01. The molecule has 0 aliphatic carbocycles. The summed E-state index contributed by atoms with van der Waals surface area (Å²) in [7, 11) is 0. The molecule has 1 heterocycles. The number of hydrogen-bond donors (Lipinski definition) is 1. The largest absolute Gasteiger partial charge is 0.398 e. The van der Waals surface area contributed by atoms with Crippen molar-refractivity contribution in [3.8, 4) is 0 Å². The molecule has 0 aliphatic heterocycles. The lowest BCUT2D eigenvalue weighted by Crippen LogP contribution is -2.00. The van der Waals surface area contributed by atoms with Gasteiger partial charge in [-0.25, -0.2) is 0 Å². The number of nitrogen functional groups attached to an aromatic ring is 1. The van der Waals surface area contributed by atoms with Gasteiger partial charge in [-0.05, 0) is 38.3 Å². The normalized spacial score (nSPS) is 10.1. The number of hydrogen-bond acceptors (Lipinski definition) is 2. The van der Waals surface area contributed by atoms with Gasteiger partial charge in [-0.3, -0.25) is 4.98 Å². The topological polar surface area (TPSA) is 38.9 Å². The van der Waals surface area contributed by atoms with Crippen molar-refractivity contribution in [2.45, 2.75) is 20.3 Å². The van der Waals surface area contributed by atoms with E-state index >= 15 is 0 Å². The summed E-state index contributed by atoms with van der Waals surface area (Å²) in [5.41, 5.74) is 9.74. The number of pyridine rings is 1. The summed E-state index contributed by atoms with van der Waals surface area (Å²) in [5.74, 6) is 0. The third-order valence-electron chi connectivity index (χ3n) is 1.91. The van der Waals surface area contributed by atoms with Crippen LogP contribution in [0.15, 0.2) is 6.20 Å². The van der Waals surface area contributed by atoms with Gasteiger partial charge in [0.15, 0.2) is 0 Å². The maximum absolute atomic E-state index is 5.79. The van der Waals surface area contributed by atoms with E-state index in [0.717, 1.165) is 22.5 Å². The summed E-state index contributed by atoms with van der Waals surface area (Å²) < 4.78 is 0. The Balaban J connectivity index is 3.25. The lowest BCUT2D eigenvalue weighted by atomic mass is 10.1. The van der Waals surface area contributed by atoms with E-state index in [2.05, 4.69) is 11.9 Å². The molecular formula is C9H13N2. The highest BCUT2D eigenvalue weighted by molar-refractivity contribution is 5.53. The van der Waals surface area contributed by atoms with Gasteiger partial charge in [0, 0.05) is 17.6 Å². The molecule has 2 nitrogen and oxygen atoms in total. The third kappa shape index (κ3) is 1.34. The molecule has 0 bridgehead atoms. The number of rotatable bonds is 1. The second-order valence-corrected chi connectivity index (χ2v) is 2.68. The SMILES string of the molecule is [CH2]Cc1ncc(C)c(N)c1C. The van der Waals surface area contributed by atoms with E-state index in [1.165, 1.54) is 0 Å². The van der Waals surface area contributed by atoms with Crippen molar-refractivity contribution in [1.82, 2.24) is 4.98 Å². The van der Waals surface area contributed by atoms with Crippen LogP contribution < -0.4 is 5.73 Å². The molecular weight excluding hydrogens is 136 g/mol. The predicted octanol–water partition coefficient (Wildman–Crippen LogP) is 1.66. The van der Waals surface area contributed by atoms with E-state index in [-0.39, 0.29) is 0 Å². The molecule has 2 N–H and O–H groups in total.